The highest BCUT2D eigenvalue weighted by Gasteiger charge is 2.07. The number of rotatable bonds is 4. The third-order valence-corrected chi connectivity index (χ3v) is 4.44. The Morgan fingerprint density at radius 1 is 1.12 bits per heavy atom. The van der Waals surface area contributed by atoms with Crippen molar-refractivity contribution in [3.63, 3.8) is 0 Å². The Kier molecular flexibility index (Phi) is 4.08. The molecule has 2 aromatic rings. The third kappa shape index (κ3) is 2.64. The number of thioether (sulfide) groups is 1. The lowest BCUT2D eigenvalue weighted by atomic mass is 10.0. The zero-order chi connectivity index (χ0) is 12.3. The minimum Gasteiger partial charge on any atom is -0.326 e. The molecule has 0 heterocycles. The molecule has 2 aromatic carbocycles. The molecule has 0 saturated heterocycles. The predicted molar refractivity (Wildman–Crippen MR) is 77.4 cm³/mol. The van der Waals surface area contributed by atoms with E-state index < -0.39 is 0 Å². The first kappa shape index (κ1) is 12.5. The molecule has 0 aromatic heterocycles. The molecule has 90 valence electrons. The predicted octanol–water partition coefficient (Wildman–Crippen LogP) is 4.19. The fourth-order valence-electron chi connectivity index (χ4n) is 1.91. The van der Waals surface area contributed by atoms with Crippen molar-refractivity contribution in [3.05, 3.63) is 42.0 Å². The Morgan fingerprint density at radius 2 is 1.82 bits per heavy atom. The lowest BCUT2D eigenvalue weighted by Gasteiger charge is -2.13. The van der Waals surface area contributed by atoms with E-state index in [0.29, 0.717) is 11.8 Å². The quantitative estimate of drug-likeness (QED) is 0.817. The van der Waals surface area contributed by atoms with Gasteiger partial charge >= 0.3 is 0 Å². The molecule has 2 heteroatoms. The Hall–Kier alpha value is -0.990. The SMILES string of the molecule is CCC(C)Sc1ccc(CN)c2ccccc12. The molecule has 2 rings (SSSR count). The molecular weight excluding hydrogens is 226 g/mol. The Labute approximate surface area is 107 Å². The van der Waals surface area contributed by atoms with Gasteiger partial charge in [0.1, 0.15) is 0 Å². The number of benzene rings is 2. The van der Waals surface area contributed by atoms with Crippen LogP contribution in [0.5, 0.6) is 0 Å². The second kappa shape index (κ2) is 5.56. The Bertz CT molecular complexity index is 507. The molecule has 0 aliphatic carbocycles. The van der Waals surface area contributed by atoms with E-state index in [4.69, 9.17) is 5.73 Å². The minimum atomic E-state index is 0.606. The van der Waals surface area contributed by atoms with Crippen LogP contribution in [-0.2, 0) is 6.54 Å². The van der Waals surface area contributed by atoms with E-state index in [0.717, 1.165) is 0 Å². The van der Waals surface area contributed by atoms with Crippen molar-refractivity contribution in [3.8, 4) is 0 Å². The largest absolute Gasteiger partial charge is 0.326 e. The van der Waals surface area contributed by atoms with Gasteiger partial charge in [-0.1, -0.05) is 44.2 Å². The summed E-state index contributed by atoms with van der Waals surface area (Å²) >= 11 is 1.95. The van der Waals surface area contributed by atoms with Crippen LogP contribution in [0.1, 0.15) is 25.8 Å². The molecule has 0 spiro atoms. The highest BCUT2D eigenvalue weighted by molar-refractivity contribution is 8.00. The average Bonchev–Trinajstić information content (AvgIpc) is 2.39. The molecule has 17 heavy (non-hydrogen) atoms. The van der Waals surface area contributed by atoms with E-state index in [-0.39, 0.29) is 0 Å². The summed E-state index contributed by atoms with van der Waals surface area (Å²) in [5.41, 5.74) is 7.02. The Morgan fingerprint density at radius 3 is 2.47 bits per heavy atom. The van der Waals surface area contributed by atoms with Crippen LogP contribution in [0.4, 0.5) is 0 Å². The van der Waals surface area contributed by atoms with Crippen molar-refractivity contribution in [1.82, 2.24) is 0 Å². The van der Waals surface area contributed by atoms with E-state index in [1.807, 2.05) is 11.8 Å². The normalized spacial score (nSPS) is 12.9. The molecule has 0 saturated carbocycles. The lowest BCUT2D eigenvalue weighted by molar-refractivity contribution is 0.906. The summed E-state index contributed by atoms with van der Waals surface area (Å²) in [7, 11) is 0. The topological polar surface area (TPSA) is 26.0 Å². The maximum absolute atomic E-state index is 5.79. The molecule has 1 unspecified atom stereocenters. The van der Waals surface area contributed by atoms with Gasteiger partial charge in [-0.25, -0.2) is 0 Å². The van der Waals surface area contributed by atoms with Gasteiger partial charge in [-0.15, -0.1) is 11.8 Å². The van der Waals surface area contributed by atoms with Gasteiger partial charge < -0.3 is 5.73 Å². The fraction of sp³-hybridized carbons (Fsp3) is 0.333. The fourth-order valence-corrected chi connectivity index (χ4v) is 2.97. The molecule has 0 aliphatic rings. The first-order valence-corrected chi connectivity index (χ1v) is 7.01. The minimum absolute atomic E-state index is 0.606. The highest BCUT2D eigenvalue weighted by atomic mass is 32.2. The second-order valence-corrected chi connectivity index (χ2v) is 5.79. The molecule has 0 aliphatic heterocycles. The van der Waals surface area contributed by atoms with Crippen LogP contribution >= 0.6 is 11.8 Å². The van der Waals surface area contributed by atoms with Crippen LogP contribution in [-0.4, -0.2) is 5.25 Å². The van der Waals surface area contributed by atoms with E-state index in [1.165, 1.54) is 27.7 Å². The summed E-state index contributed by atoms with van der Waals surface area (Å²) in [5.74, 6) is 0. The number of fused-ring (bicyclic) bond motifs is 1. The van der Waals surface area contributed by atoms with Crippen molar-refractivity contribution in [2.45, 2.75) is 37.0 Å². The smallest absolute Gasteiger partial charge is 0.0184 e. The third-order valence-electron chi connectivity index (χ3n) is 3.10. The van der Waals surface area contributed by atoms with Crippen molar-refractivity contribution < 1.29 is 0 Å². The summed E-state index contributed by atoms with van der Waals surface area (Å²) in [6.45, 7) is 5.11. The summed E-state index contributed by atoms with van der Waals surface area (Å²) in [6, 6.07) is 12.9. The van der Waals surface area contributed by atoms with Crippen molar-refractivity contribution in [2.24, 2.45) is 5.73 Å². The van der Waals surface area contributed by atoms with Crippen LogP contribution in [0, 0.1) is 0 Å². The molecular formula is C15H19NS. The lowest BCUT2D eigenvalue weighted by Crippen LogP contribution is -1.98. The molecule has 1 nitrogen and oxygen atoms in total. The first-order chi connectivity index (χ1) is 8.26. The number of hydrogen-bond donors (Lipinski definition) is 1. The van der Waals surface area contributed by atoms with Crippen LogP contribution in [0.3, 0.4) is 0 Å². The standard InChI is InChI=1S/C15H19NS/c1-3-11(2)17-15-9-8-12(10-16)13-6-4-5-7-14(13)15/h4-9,11H,3,10,16H2,1-2H3. The summed E-state index contributed by atoms with van der Waals surface area (Å²) < 4.78 is 0. The van der Waals surface area contributed by atoms with Crippen LogP contribution in [0.25, 0.3) is 10.8 Å². The summed E-state index contributed by atoms with van der Waals surface area (Å²) in [5, 5.41) is 3.28. The molecule has 0 radical (unpaired) electrons. The Balaban J connectivity index is 2.51. The van der Waals surface area contributed by atoms with E-state index in [9.17, 15) is 0 Å². The van der Waals surface area contributed by atoms with Gasteiger partial charge in [0, 0.05) is 16.7 Å². The van der Waals surface area contributed by atoms with Gasteiger partial charge in [-0.3, -0.25) is 0 Å². The van der Waals surface area contributed by atoms with Crippen LogP contribution < -0.4 is 5.73 Å². The van der Waals surface area contributed by atoms with Gasteiger partial charge in [-0.05, 0) is 28.8 Å². The zero-order valence-corrected chi connectivity index (χ0v) is 11.3. The molecule has 0 amide bonds. The second-order valence-electron chi connectivity index (χ2n) is 4.31. The van der Waals surface area contributed by atoms with E-state index in [1.54, 1.807) is 0 Å². The highest BCUT2D eigenvalue weighted by Crippen LogP contribution is 2.33. The van der Waals surface area contributed by atoms with Gasteiger partial charge in [-0.2, -0.15) is 0 Å². The average molecular weight is 245 g/mol. The van der Waals surface area contributed by atoms with Crippen LogP contribution in [0.15, 0.2) is 41.3 Å². The van der Waals surface area contributed by atoms with Gasteiger partial charge in [0.05, 0.1) is 0 Å². The molecule has 0 fully saturated rings. The zero-order valence-electron chi connectivity index (χ0n) is 10.4. The molecule has 0 bridgehead atoms. The van der Waals surface area contributed by atoms with E-state index >= 15 is 0 Å². The van der Waals surface area contributed by atoms with Crippen molar-refractivity contribution in [2.75, 3.05) is 0 Å². The van der Waals surface area contributed by atoms with Crippen molar-refractivity contribution in [1.29, 1.82) is 0 Å². The summed E-state index contributed by atoms with van der Waals surface area (Å²) in [6.07, 6.45) is 1.19. The number of hydrogen-bond acceptors (Lipinski definition) is 2. The maximum atomic E-state index is 5.79. The first-order valence-electron chi connectivity index (χ1n) is 6.13. The monoisotopic (exact) mass is 245 g/mol. The molecule has 2 N–H and O–H groups in total. The summed E-state index contributed by atoms with van der Waals surface area (Å²) in [4.78, 5) is 1.37. The number of nitrogens with two attached hydrogens (primary N) is 1. The van der Waals surface area contributed by atoms with Crippen LogP contribution in [0.2, 0.25) is 0 Å². The van der Waals surface area contributed by atoms with Gasteiger partial charge in [0.15, 0.2) is 0 Å². The van der Waals surface area contributed by atoms with Gasteiger partial charge in [0.25, 0.3) is 0 Å². The van der Waals surface area contributed by atoms with E-state index in [2.05, 4.69) is 50.2 Å². The van der Waals surface area contributed by atoms with Crippen molar-refractivity contribution >= 4 is 22.5 Å². The van der Waals surface area contributed by atoms with Gasteiger partial charge in [0.2, 0.25) is 0 Å². The molecule has 1 atom stereocenters. The maximum Gasteiger partial charge on any atom is 0.0184 e.